The predicted molar refractivity (Wildman–Crippen MR) is 82.0 cm³/mol. The minimum absolute atomic E-state index is 0. The van der Waals surface area contributed by atoms with Crippen LogP contribution in [-0.4, -0.2) is 45.5 Å². The van der Waals surface area contributed by atoms with Crippen molar-refractivity contribution in [3.8, 4) is 0 Å². The standard InChI is InChI=1S/C14H15AsN2O3.ClH/c15-6-8-1-2-10-9(5-8)7-17(14(10)20)11-3-4-12(18)16-13(11)19;/h1-2,5,11H,3-4,6-7,15H2,(H,16,18,19);1H. The zero-order valence-electron chi connectivity index (χ0n) is 11.3. The summed E-state index contributed by atoms with van der Waals surface area (Å²) >= 11 is 1.63. The van der Waals surface area contributed by atoms with E-state index < -0.39 is 6.04 Å². The van der Waals surface area contributed by atoms with Crippen molar-refractivity contribution in [2.24, 2.45) is 0 Å². The van der Waals surface area contributed by atoms with Crippen molar-refractivity contribution in [3.05, 3.63) is 34.9 Å². The number of hydrogen-bond acceptors (Lipinski definition) is 3. The van der Waals surface area contributed by atoms with Crippen LogP contribution in [0.1, 0.15) is 34.3 Å². The Bertz CT molecular complexity index is 620. The molecule has 0 bridgehead atoms. The van der Waals surface area contributed by atoms with Crippen molar-refractivity contribution < 1.29 is 14.4 Å². The summed E-state index contributed by atoms with van der Waals surface area (Å²) in [6.07, 6.45) is 0.702. The summed E-state index contributed by atoms with van der Waals surface area (Å²) in [7, 11) is 0. The Balaban J connectivity index is 0.00000161. The average Bonchev–Trinajstić information content (AvgIpc) is 2.75. The molecule has 3 amide bonds. The molecule has 1 aromatic rings. The van der Waals surface area contributed by atoms with E-state index in [1.807, 2.05) is 18.2 Å². The van der Waals surface area contributed by atoms with E-state index in [1.165, 1.54) is 5.56 Å². The van der Waals surface area contributed by atoms with Gasteiger partial charge in [-0.3, -0.25) is 0 Å². The number of fused-ring (bicyclic) bond motifs is 1. The molecular formula is C14H16AsClN2O3. The van der Waals surface area contributed by atoms with E-state index >= 15 is 0 Å². The Morgan fingerprint density at radius 1 is 1.29 bits per heavy atom. The van der Waals surface area contributed by atoms with E-state index in [4.69, 9.17) is 0 Å². The van der Waals surface area contributed by atoms with E-state index in [2.05, 4.69) is 5.32 Å². The summed E-state index contributed by atoms with van der Waals surface area (Å²) < 4.78 is 0. The summed E-state index contributed by atoms with van der Waals surface area (Å²) in [6, 6.07) is 5.33. The van der Waals surface area contributed by atoms with Gasteiger partial charge in [-0.25, -0.2) is 0 Å². The van der Waals surface area contributed by atoms with Gasteiger partial charge in [-0.05, 0) is 0 Å². The number of imide groups is 1. The van der Waals surface area contributed by atoms with Crippen molar-refractivity contribution in [1.82, 2.24) is 10.2 Å². The Labute approximate surface area is 137 Å². The fourth-order valence-electron chi connectivity index (χ4n) is 2.75. The molecule has 2 heterocycles. The maximum atomic E-state index is 12.4. The van der Waals surface area contributed by atoms with Crippen LogP contribution in [0.4, 0.5) is 0 Å². The number of carbonyl (C=O) groups is 3. The first-order valence-electron chi connectivity index (χ1n) is 6.56. The van der Waals surface area contributed by atoms with Gasteiger partial charge in [-0.15, -0.1) is 12.4 Å². The summed E-state index contributed by atoms with van der Waals surface area (Å²) in [5.74, 6) is -0.727. The van der Waals surface area contributed by atoms with Gasteiger partial charge in [0, 0.05) is 0 Å². The number of nitrogens with zero attached hydrogens (tertiary/aromatic N) is 1. The van der Waals surface area contributed by atoms with Crippen LogP contribution < -0.4 is 5.32 Å². The molecule has 1 saturated heterocycles. The normalized spacial score (nSPS) is 20.9. The fraction of sp³-hybridized carbons (Fsp3) is 0.357. The average molecular weight is 371 g/mol. The van der Waals surface area contributed by atoms with Crippen molar-refractivity contribution in [3.63, 3.8) is 0 Å². The molecule has 2 aliphatic rings. The molecule has 0 aromatic heterocycles. The van der Waals surface area contributed by atoms with E-state index in [9.17, 15) is 14.4 Å². The first-order chi connectivity index (χ1) is 9.60. The maximum absolute atomic E-state index is 12.4. The Hall–Kier alpha value is -1.32. The van der Waals surface area contributed by atoms with Crippen molar-refractivity contribution in [2.45, 2.75) is 30.6 Å². The van der Waals surface area contributed by atoms with Crippen molar-refractivity contribution in [2.75, 3.05) is 0 Å². The number of piperidine rings is 1. The fourth-order valence-corrected chi connectivity index (χ4v) is 3.29. The molecule has 0 saturated carbocycles. The molecular weight excluding hydrogens is 355 g/mol. The molecule has 2 aliphatic heterocycles. The monoisotopic (exact) mass is 370 g/mol. The van der Waals surface area contributed by atoms with Gasteiger partial charge in [0.05, 0.1) is 0 Å². The second-order valence-electron chi connectivity index (χ2n) is 5.10. The van der Waals surface area contributed by atoms with Gasteiger partial charge in [0.25, 0.3) is 0 Å². The first-order valence-corrected chi connectivity index (χ1v) is 8.28. The molecule has 1 N–H and O–H groups in total. The van der Waals surface area contributed by atoms with Crippen molar-refractivity contribution >= 4 is 47.0 Å². The molecule has 7 heteroatoms. The van der Waals surface area contributed by atoms with Crippen molar-refractivity contribution in [1.29, 1.82) is 0 Å². The molecule has 2 unspecified atom stereocenters. The third-order valence-electron chi connectivity index (χ3n) is 3.82. The topological polar surface area (TPSA) is 66.5 Å². The molecule has 112 valence electrons. The zero-order valence-corrected chi connectivity index (χ0v) is 14.5. The number of amides is 3. The summed E-state index contributed by atoms with van der Waals surface area (Å²) in [6.45, 7) is 0.460. The Morgan fingerprint density at radius 2 is 2.05 bits per heavy atom. The van der Waals surface area contributed by atoms with Gasteiger partial charge < -0.3 is 0 Å². The molecule has 3 rings (SSSR count). The van der Waals surface area contributed by atoms with E-state index in [0.717, 1.165) is 10.8 Å². The van der Waals surface area contributed by atoms with Gasteiger partial charge in [0.2, 0.25) is 0 Å². The third-order valence-corrected chi connectivity index (χ3v) is 4.81. The SMILES string of the molecule is Cl.O=C1CCC(N2Cc3cc(C[AsH2])ccc3C2=O)C(=O)N1. The second kappa shape index (κ2) is 6.20. The number of hydrogen-bond donors (Lipinski definition) is 1. The van der Waals surface area contributed by atoms with Crippen LogP contribution in [0.5, 0.6) is 0 Å². The third kappa shape index (κ3) is 2.85. The van der Waals surface area contributed by atoms with Crippen LogP contribution >= 0.6 is 12.4 Å². The Kier molecular flexibility index (Phi) is 4.74. The molecule has 0 radical (unpaired) electrons. The number of nitrogens with one attached hydrogen (secondary N) is 1. The molecule has 1 fully saturated rings. The van der Waals surface area contributed by atoms with Gasteiger partial charge in [-0.1, -0.05) is 0 Å². The van der Waals surface area contributed by atoms with Gasteiger partial charge >= 0.3 is 125 Å². The molecule has 0 spiro atoms. The van der Waals surface area contributed by atoms with Crippen LogP contribution in [0.2, 0.25) is 0 Å². The summed E-state index contributed by atoms with van der Waals surface area (Å²) in [4.78, 5) is 37.0. The zero-order chi connectivity index (χ0) is 14.3. The van der Waals surface area contributed by atoms with E-state index in [1.54, 1.807) is 21.8 Å². The number of halogens is 1. The van der Waals surface area contributed by atoms with Gasteiger partial charge in [0.1, 0.15) is 0 Å². The second-order valence-corrected chi connectivity index (χ2v) is 5.95. The van der Waals surface area contributed by atoms with Crippen LogP contribution in [0.15, 0.2) is 18.2 Å². The Morgan fingerprint density at radius 3 is 2.71 bits per heavy atom. The van der Waals surface area contributed by atoms with Gasteiger partial charge in [0.15, 0.2) is 0 Å². The molecule has 1 aromatic carbocycles. The summed E-state index contributed by atoms with van der Waals surface area (Å²) in [5, 5.41) is 3.29. The first kappa shape index (κ1) is 16.1. The molecule has 21 heavy (non-hydrogen) atoms. The van der Waals surface area contributed by atoms with Crippen LogP contribution in [0.3, 0.4) is 0 Å². The van der Waals surface area contributed by atoms with Crippen LogP contribution in [-0.2, 0) is 21.3 Å². The number of benzene rings is 1. The molecule has 5 nitrogen and oxygen atoms in total. The van der Waals surface area contributed by atoms with Gasteiger partial charge in [-0.2, -0.15) is 0 Å². The minimum atomic E-state index is -0.526. The predicted octanol–water partition coefficient (Wildman–Crippen LogP) is 0.00250. The summed E-state index contributed by atoms with van der Waals surface area (Å²) in [5.41, 5.74) is 2.87. The van der Waals surface area contributed by atoms with E-state index in [-0.39, 0.29) is 30.1 Å². The number of rotatable bonds is 2. The van der Waals surface area contributed by atoms with Crippen LogP contribution in [0.25, 0.3) is 0 Å². The van der Waals surface area contributed by atoms with E-state index in [0.29, 0.717) is 24.9 Å². The quantitative estimate of drug-likeness (QED) is 0.589. The van der Waals surface area contributed by atoms with Crippen LogP contribution in [0, 0.1) is 0 Å². The number of carbonyl (C=O) groups excluding carboxylic acids is 3. The molecule has 0 aliphatic carbocycles. The molecule has 2 atom stereocenters.